The lowest BCUT2D eigenvalue weighted by molar-refractivity contribution is -0.932. The van der Waals surface area contributed by atoms with Crippen molar-refractivity contribution >= 4 is 11.0 Å². The van der Waals surface area contributed by atoms with E-state index < -0.39 is 0 Å². The summed E-state index contributed by atoms with van der Waals surface area (Å²) in [5, 5.41) is 0.954. The van der Waals surface area contributed by atoms with Crippen molar-refractivity contribution in [2.75, 3.05) is 13.3 Å². The topological polar surface area (TPSA) is 43.9 Å². The number of aryl methyl sites for hydroxylation is 1. The molecule has 4 nitrogen and oxygen atoms in total. The third-order valence-electron chi connectivity index (χ3n) is 5.20. The molecule has 0 aliphatic carbocycles. The van der Waals surface area contributed by atoms with Crippen molar-refractivity contribution in [1.29, 1.82) is 0 Å². The molecule has 0 fully saturated rings. The molecule has 1 N–H and O–H groups in total. The number of rotatable bonds is 3. The van der Waals surface area contributed by atoms with E-state index in [1.807, 2.05) is 25.1 Å². The Bertz CT molecular complexity index is 1040. The molecular formula is C21H21FNO3+. The summed E-state index contributed by atoms with van der Waals surface area (Å²) in [6.45, 7) is 5.80. The van der Waals surface area contributed by atoms with Crippen LogP contribution in [0, 0.1) is 19.7 Å². The molecule has 2 aromatic carbocycles. The van der Waals surface area contributed by atoms with E-state index in [2.05, 4.69) is 0 Å². The van der Waals surface area contributed by atoms with Gasteiger partial charge in [-0.05, 0) is 49.2 Å². The maximum absolute atomic E-state index is 13.3. The predicted octanol–water partition coefficient (Wildman–Crippen LogP) is 2.53. The van der Waals surface area contributed by atoms with Crippen molar-refractivity contribution in [3.05, 3.63) is 74.9 Å². The van der Waals surface area contributed by atoms with Crippen LogP contribution in [-0.4, -0.2) is 13.3 Å². The Morgan fingerprint density at radius 3 is 2.81 bits per heavy atom. The molecule has 0 radical (unpaired) electrons. The van der Waals surface area contributed by atoms with Crippen LogP contribution in [-0.2, 0) is 13.0 Å². The minimum Gasteiger partial charge on any atom is -0.445 e. The lowest BCUT2D eigenvalue weighted by Gasteiger charge is -2.26. The quantitative estimate of drug-likeness (QED) is 0.735. The molecule has 3 aromatic rings. The first kappa shape index (κ1) is 16.8. The van der Waals surface area contributed by atoms with Gasteiger partial charge in [0.05, 0.1) is 12.1 Å². The molecule has 1 unspecified atom stereocenters. The largest absolute Gasteiger partial charge is 0.445 e. The Balaban J connectivity index is 1.62. The van der Waals surface area contributed by atoms with E-state index in [0.29, 0.717) is 24.4 Å². The van der Waals surface area contributed by atoms with Crippen molar-refractivity contribution < 1.29 is 18.4 Å². The van der Waals surface area contributed by atoms with Gasteiger partial charge in [-0.25, -0.2) is 9.18 Å². The third kappa shape index (κ3) is 2.99. The maximum Gasteiger partial charge on any atom is 0.339 e. The highest BCUT2D eigenvalue weighted by Crippen LogP contribution is 2.30. The Hall–Kier alpha value is -2.66. The van der Waals surface area contributed by atoms with Gasteiger partial charge in [0.1, 0.15) is 18.1 Å². The molecule has 0 bridgehead atoms. The summed E-state index contributed by atoms with van der Waals surface area (Å²) in [4.78, 5) is 13.3. The fraction of sp³-hybridized carbons (Fsp3) is 0.286. The smallest absolute Gasteiger partial charge is 0.339 e. The zero-order valence-electron chi connectivity index (χ0n) is 14.9. The van der Waals surface area contributed by atoms with Crippen LogP contribution in [0.3, 0.4) is 0 Å². The normalized spacial score (nSPS) is 16.3. The number of quaternary nitrogens is 1. The van der Waals surface area contributed by atoms with Crippen molar-refractivity contribution in [3.8, 4) is 5.75 Å². The standard InChI is InChI=1S/C21H20FNO3/c1-13-14(2)21(24)26-20-17(13)6-7-19-18(20)11-23(12-25-19)9-8-15-4-3-5-16(22)10-15/h3-7,10H,8-9,11-12H2,1-2H3/p+1. The molecule has 4 rings (SSSR count). The van der Waals surface area contributed by atoms with E-state index in [4.69, 9.17) is 9.15 Å². The van der Waals surface area contributed by atoms with Crippen LogP contribution >= 0.6 is 0 Å². The fourth-order valence-electron chi connectivity index (χ4n) is 3.50. The molecule has 0 amide bonds. The average Bonchev–Trinajstić information content (AvgIpc) is 2.64. The zero-order valence-corrected chi connectivity index (χ0v) is 14.9. The van der Waals surface area contributed by atoms with Gasteiger partial charge in [0.2, 0.25) is 6.73 Å². The summed E-state index contributed by atoms with van der Waals surface area (Å²) in [6.07, 6.45) is 0.763. The summed E-state index contributed by atoms with van der Waals surface area (Å²) in [6, 6.07) is 10.6. The second-order valence-corrected chi connectivity index (χ2v) is 6.90. The molecule has 5 heteroatoms. The SMILES string of the molecule is Cc1c(C)c2ccc3c(c2oc1=O)C[NH+](CCc1cccc(F)c1)CO3. The van der Waals surface area contributed by atoms with Crippen molar-refractivity contribution in [2.24, 2.45) is 0 Å². The molecule has 0 spiro atoms. The summed E-state index contributed by atoms with van der Waals surface area (Å²) in [5.41, 5.74) is 3.83. The Morgan fingerprint density at radius 1 is 1.15 bits per heavy atom. The van der Waals surface area contributed by atoms with Crippen LogP contribution < -0.4 is 15.3 Å². The second-order valence-electron chi connectivity index (χ2n) is 6.90. The number of benzene rings is 2. The lowest BCUT2D eigenvalue weighted by atomic mass is 10.0. The minimum atomic E-state index is -0.296. The van der Waals surface area contributed by atoms with E-state index in [9.17, 15) is 9.18 Å². The molecule has 0 saturated carbocycles. The van der Waals surface area contributed by atoms with Crippen LogP contribution in [0.2, 0.25) is 0 Å². The average molecular weight is 354 g/mol. The van der Waals surface area contributed by atoms with Gasteiger partial charge in [-0.2, -0.15) is 0 Å². The number of hydrogen-bond donors (Lipinski definition) is 1. The van der Waals surface area contributed by atoms with E-state index in [-0.39, 0.29) is 11.4 Å². The molecule has 1 aliphatic rings. The van der Waals surface area contributed by atoms with Crippen LogP contribution in [0.15, 0.2) is 45.6 Å². The second kappa shape index (κ2) is 6.57. The summed E-state index contributed by atoms with van der Waals surface area (Å²) in [5.74, 6) is 0.565. The van der Waals surface area contributed by atoms with E-state index >= 15 is 0 Å². The monoisotopic (exact) mass is 354 g/mol. The summed E-state index contributed by atoms with van der Waals surface area (Å²) in [7, 11) is 0. The minimum absolute atomic E-state index is 0.212. The molecule has 1 atom stereocenters. The first-order valence-electron chi connectivity index (χ1n) is 8.79. The van der Waals surface area contributed by atoms with Crippen LogP contribution in [0.4, 0.5) is 4.39 Å². The maximum atomic E-state index is 13.3. The Labute approximate surface area is 150 Å². The van der Waals surface area contributed by atoms with Gasteiger partial charge < -0.3 is 9.15 Å². The Kier molecular flexibility index (Phi) is 4.24. The molecule has 0 saturated heterocycles. The number of nitrogens with one attached hydrogen (secondary N) is 1. The number of halogens is 1. The van der Waals surface area contributed by atoms with Crippen LogP contribution in [0.1, 0.15) is 22.3 Å². The summed E-state index contributed by atoms with van der Waals surface area (Å²) < 4.78 is 24.8. The third-order valence-corrected chi connectivity index (χ3v) is 5.20. The van der Waals surface area contributed by atoms with Crippen LogP contribution in [0.25, 0.3) is 11.0 Å². The van der Waals surface area contributed by atoms with Gasteiger partial charge in [-0.15, -0.1) is 0 Å². The van der Waals surface area contributed by atoms with E-state index in [1.165, 1.54) is 11.0 Å². The van der Waals surface area contributed by atoms with Gasteiger partial charge in [0, 0.05) is 17.4 Å². The molecule has 134 valence electrons. The van der Waals surface area contributed by atoms with Gasteiger partial charge in [0.15, 0.2) is 5.58 Å². The van der Waals surface area contributed by atoms with E-state index in [0.717, 1.165) is 40.8 Å². The number of ether oxygens (including phenoxy) is 1. The van der Waals surface area contributed by atoms with Gasteiger partial charge in [-0.3, -0.25) is 4.90 Å². The predicted molar refractivity (Wildman–Crippen MR) is 97.1 cm³/mol. The van der Waals surface area contributed by atoms with Crippen molar-refractivity contribution in [1.82, 2.24) is 0 Å². The highest BCUT2D eigenvalue weighted by Gasteiger charge is 2.25. The van der Waals surface area contributed by atoms with Crippen molar-refractivity contribution in [2.45, 2.75) is 26.8 Å². The summed E-state index contributed by atoms with van der Waals surface area (Å²) >= 11 is 0. The van der Waals surface area contributed by atoms with Gasteiger partial charge >= 0.3 is 5.63 Å². The highest BCUT2D eigenvalue weighted by molar-refractivity contribution is 5.85. The lowest BCUT2D eigenvalue weighted by Crippen LogP contribution is -3.12. The fourth-order valence-corrected chi connectivity index (χ4v) is 3.50. The molecule has 2 heterocycles. The van der Waals surface area contributed by atoms with Crippen molar-refractivity contribution in [3.63, 3.8) is 0 Å². The van der Waals surface area contributed by atoms with Gasteiger partial charge in [-0.1, -0.05) is 12.1 Å². The van der Waals surface area contributed by atoms with Gasteiger partial charge in [0.25, 0.3) is 0 Å². The first-order chi connectivity index (χ1) is 12.5. The van der Waals surface area contributed by atoms with E-state index in [1.54, 1.807) is 19.1 Å². The first-order valence-corrected chi connectivity index (χ1v) is 8.79. The molecule has 1 aromatic heterocycles. The molecular weight excluding hydrogens is 333 g/mol. The Morgan fingerprint density at radius 2 is 2.00 bits per heavy atom. The highest BCUT2D eigenvalue weighted by atomic mass is 19.1. The molecule has 1 aliphatic heterocycles. The molecule has 26 heavy (non-hydrogen) atoms. The van der Waals surface area contributed by atoms with Crippen LogP contribution in [0.5, 0.6) is 5.75 Å². The number of fused-ring (bicyclic) bond motifs is 3. The number of hydrogen-bond acceptors (Lipinski definition) is 3. The zero-order chi connectivity index (χ0) is 18.3.